The molecule has 0 radical (unpaired) electrons. The summed E-state index contributed by atoms with van der Waals surface area (Å²) in [5.74, 6) is -0.381. The van der Waals surface area contributed by atoms with Crippen molar-refractivity contribution in [3.63, 3.8) is 0 Å². The van der Waals surface area contributed by atoms with E-state index in [0.29, 0.717) is 24.3 Å². The van der Waals surface area contributed by atoms with Crippen LogP contribution in [0.1, 0.15) is 42.6 Å². The first-order chi connectivity index (χ1) is 15.9. The second-order valence-electron chi connectivity index (χ2n) is 8.89. The number of nitrogens with zero attached hydrogens (tertiary/aromatic N) is 1. The zero-order chi connectivity index (χ0) is 23.8. The standard InChI is InChI=1S/C27H33N3O3/c1-18(2)15-20(26(32)28-3)17-25(31)24(16-19-9-5-4-6-10-19)30-27(33)22-13-14-29-23-12-8-7-11-21(22)23/h4-14,18,20,24-25,31H,15-17H2,1-3H3,(H,28,32)(H,30,33)/t20-,24+,25+/m1/s1. The summed E-state index contributed by atoms with van der Waals surface area (Å²) >= 11 is 0. The van der Waals surface area contributed by atoms with Gasteiger partial charge in [-0.05, 0) is 42.9 Å². The molecule has 3 atom stereocenters. The first-order valence-corrected chi connectivity index (χ1v) is 11.5. The fourth-order valence-corrected chi connectivity index (χ4v) is 4.23. The lowest BCUT2D eigenvalue weighted by Crippen LogP contribution is -2.46. The molecule has 0 bridgehead atoms. The SMILES string of the molecule is CNC(=O)[C@H](CC(C)C)C[C@H](O)[C@H](Cc1ccccc1)NC(=O)c1ccnc2ccccc12. The van der Waals surface area contributed by atoms with Crippen molar-refractivity contribution >= 4 is 22.7 Å². The fraction of sp³-hybridized carbons (Fsp3) is 0.370. The number of para-hydroxylation sites is 1. The molecule has 0 fully saturated rings. The summed E-state index contributed by atoms with van der Waals surface area (Å²) in [7, 11) is 1.61. The van der Waals surface area contributed by atoms with Crippen LogP contribution in [0.25, 0.3) is 10.9 Å². The molecule has 2 aromatic carbocycles. The van der Waals surface area contributed by atoms with Crippen LogP contribution in [0.4, 0.5) is 0 Å². The van der Waals surface area contributed by atoms with Gasteiger partial charge in [-0.1, -0.05) is 62.4 Å². The van der Waals surface area contributed by atoms with Crippen molar-refractivity contribution in [3.05, 3.63) is 78.0 Å². The third kappa shape index (κ3) is 6.62. The minimum absolute atomic E-state index is 0.0901. The number of amides is 2. The fourth-order valence-electron chi connectivity index (χ4n) is 4.23. The summed E-state index contributed by atoms with van der Waals surface area (Å²) in [5, 5.41) is 17.7. The number of hydrogen-bond donors (Lipinski definition) is 3. The van der Waals surface area contributed by atoms with Crippen LogP contribution in [0.3, 0.4) is 0 Å². The Hall–Kier alpha value is -3.25. The number of nitrogens with one attached hydrogen (secondary N) is 2. The number of benzene rings is 2. The highest BCUT2D eigenvalue weighted by Gasteiger charge is 2.29. The molecule has 1 heterocycles. The second-order valence-corrected chi connectivity index (χ2v) is 8.89. The van der Waals surface area contributed by atoms with Crippen molar-refractivity contribution in [1.82, 2.24) is 15.6 Å². The number of fused-ring (bicyclic) bond motifs is 1. The van der Waals surface area contributed by atoms with Gasteiger partial charge in [-0.3, -0.25) is 14.6 Å². The van der Waals surface area contributed by atoms with Crippen molar-refractivity contribution in [2.24, 2.45) is 11.8 Å². The molecule has 0 aliphatic rings. The molecule has 3 aromatic rings. The van der Waals surface area contributed by atoms with Crippen molar-refractivity contribution in [2.75, 3.05) is 7.05 Å². The highest BCUT2D eigenvalue weighted by atomic mass is 16.3. The van der Waals surface area contributed by atoms with Crippen LogP contribution < -0.4 is 10.6 Å². The molecule has 6 heteroatoms. The Bertz CT molecular complexity index is 1060. The molecule has 0 saturated heterocycles. The van der Waals surface area contributed by atoms with Gasteiger partial charge in [-0.15, -0.1) is 0 Å². The first-order valence-electron chi connectivity index (χ1n) is 11.5. The van der Waals surface area contributed by atoms with Crippen LogP contribution >= 0.6 is 0 Å². The molecule has 0 aliphatic heterocycles. The molecular weight excluding hydrogens is 414 g/mol. The average Bonchev–Trinajstić information content (AvgIpc) is 2.82. The van der Waals surface area contributed by atoms with Crippen molar-refractivity contribution < 1.29 is 14.7 Å². The Morgan fingerprint density at radius 1 is 0.970 bits per heavy atom. The highest BCUT2D eigenvalue weighted by Crippen LogP contribution is 2.22. The Balaban J connectivity index is 1.85. The van der Waals surface area contributed by atoms with Gasteiger partial charge in [0.05, 0.1) is 23.2 Å². The number of carbonyl (C=O) groups excluding carboxylic acids is 2. The number of rotatable bonds is 10. The lowest BCUT2D eigenvalue weighted by molar-refractivity contribution is -0.126. The molecule has 0 unspecified atom stereocenters. The summed E-state index contributed by atoms with van der Waals surface area (Å²) in [6.45, 7) is 4.11. The maximum absolute atomic E-state index is 13.3. The van der Waals surface area contributed by atoms with Crippen LogP contribution in [0.15, 0.2) is 66.9 Å². The van der Waals surface area contributed by atoms with Gasteiger partial charge in [0, 0.05) is 24.5 Å². The quantitative estimate of drug-likeness (QED) is 0.442. The Labute approximate surface area is 195 Å². The summed E-state index contributed by atoms with van der Waals surface area (Å²) in [4.78, 5) is 30.1. The minimum atomic E-state index is -0.886. The van der Waals surface area contributed by atoms with E-state index in [1.165, 1.54) is 0 Å². The Morgan fingerprint density at radius 3 is 2.36 bits per heavy atom. The number of aliphatic hydroxyl groups excluding tert-OH is 1. The third-order valence-electron chi connectivity index (χ3n) is 5.87. The van der Waals surface area contributed by atoms with Gasteiger partial charge in [0.25, 0.3) is 5.91 Å². The van der Waals surface area contributed by atoms with Gasteiger partial charge in [-0.2, -0.15) is 0 Å². The Kier molecular flexibility index (Phi) is 8.55. The smallest absolute Gasteiger partial charge is 0.252 e. The number of pyridine rings is 1. The predicted molar refractivity (Wildman–Crippen MR) is 131 cm³/mol. The molecule has 33 heavy (non-hydrogen) atoms. The lowest BCUT2D eigenvalue weighted by atomic mass is 9.87. The van der Waals surface area contributed by atoms with Gasteiger partial charge >= 0.3 is 0 Å². The summed E-state index contributed by atoms with van der Waals surface area (Å²) < 4.78 is 0. The van der Waals surface area contributed by atoms with Gasteiger partial charge < -0.3 is 15.7 Å². The van der Waals surface area contributed by atoms with E-state index in [4.69, 9.17) is 0 Å². The van der Waals surface area contributed by atoms with E-state index in [9.17, 15) is 14.7 Å². The zero-order valence-corrected chi connectivity index (χ0v) is 19.5. The maximum Gasteiger partial charge on any atom is 0.252 e. The van der Waals surface area contributed by atoms with E-state index in [0.717, 1.165) is 16.5 Å². The van der Waals surface area contributed by atoms with Crippen molar-refractivity contribution in [2.45, 2.75) is 45.3 Å². The lowest BCUT2D eigenvalue weighted by Gasteiger charge is -2.28. The largest absolute Gasteiger partial charge is 0.391 e. The van der Waals surface area contributed by atoms with Crippen LogP contribution in [-0.4, -0.2) is 41.1 Å². The minimum Gasteiger partial charge on any atom is -0.391 e. The maximum atomic E-state index is 13.3. The Morgan fingerprint density at radius 2 is 1.67 bits per heavy atom. The van der Waals surface area contributed by atoms with Crippen LogP contribution in [0, 0.1) is 11.8 Å². The van der Waals surface area contributed by atoms with Gasteiger partial charge in [0.2, 0.25) is 5.91 Å². The molecule has 1 aromatic heterocycles. The normalized spacial score (nSPS) is 14.0. The molecule has 3 rings (SSSR count). The monoisotopic (exact) mass is 447 g/mol. The summed E-state index contributed by atoms with van der Waals surface area (Å²) in [6, 6.07) is 18.4. The number of carbonyl (C=O) groups is 2. The number of hydrogen-bond acceptors (Lipinski definition) is 4. The summed E-state index contributed by atoms with van der Waals surface area (Å²) in [5.41, 5.74) is 2.25. The predicted octanol–water partition coefficient (Wildman–Crippen LogP) is 3.74. The molecule has 174 valence electrons. The van der Waals surface area contributed by atoms with E-state index in [-0.39, 0.29) is 24.2 Å². The third-order valence-corrected chi connectivity index (χ3v) is 5.87. The summed E-state index contributed by atoms with van der Waals surface area (Å²) in [6.07, 6.45) is 2.12. The van der Waals surface area contributed by atoms with Crippen LogP contribution in [-0.2, 0) is 11.2 Å². The van der Waals surface area contributed by atoms with E-state index < -0.39 is 12.1 Å². The first kappa shape index (κ1) is 24.4. The molecule has 6 nitrogen and oxygen atoms in total. The topological polar surface area (TPSA) is 91.3 Å². The van der Waals surface area contributed by atoms with Gasteiger partial charge in [-0.25, -0.2) is 0 Å². The zero-order valence-electron chi connectivity index (χ0n) is 19.5. The van der Waals surface area contributed by atoms with E-state index >= 15 is 0 Å². The molecule has 0 spiro atoms. The van der Waals surface area contributed by atoms with Crippen molar-refractivity contribution in [3.8, 4) is 0 Å². The molecular formula is C27H33N3O3. The van der Waals surface area contributed by atoms with Crippen molar-refractivity contribution in [1.29, 1.82) is 0 Å². The molecule has 3 N–H and O–H groups in total. The highest BCUT2D eigenvalue weighted by molar-refractivity contribution is 6.06. The van der Waals surface area contributed by atoms with Gasteiger partial charge in [0.1, 0.15) is 0 Å². The van der Waals surface area contributed by atoms with E-state index in [2.05, 4.69) is 29.5 Å². The molecule has 0 aliphatic carbocycles. The number of aliphatic hydroxyl groups is 1. The molecule has 2 amide bonds. The van der Waals surface area contributed by atoms with Crippen LogP contribution in [0.2, 0.25) is 0 Å². The van der Waals surface area contributed by atoms with Crippen LogP contribution in [0.5, 0.6) is 0 Å². The van der Waals surface area contributed by atoms with E-state index in [1.807, 2.05) is 54.6 Å². The van der Waals surface area contributed by atoms with Gasteiger partial charge in [0.15, 0.2) is 0 Å². The van der Waals surface area contributed by atoms with E-state index in [1.54, 1.807) is 19.3 Å². The number of aromatic nitrogens is 1. The average molecular weight is 448 g/mol. The molecule has 0 saturated carbocycles. The second kappa shape index (κ2) is 11.6.